The van der Waals surface area contributed by atoms with Crippen LogP contribution in [0.4, 0.5) is 10.5 Å². The number of benzene rings is 1. The molecule has 1 heterocycles. The van der Waals surface area contributed by atoms with Gasteiger partial charge in [-0.1, -0.05) is 25.5 Å². The predicted octanol–water partition coefficient (Wildman–Crippen LogP) is 3.37. The van der Waals surface area contributed by atoms with Crippen molar-refractivity contribution in [3.05, 3.63) is 53.9 Å². The van der Waals surface area contributed by atoms with E-state index in [0.717, 1.165) is 24.2 Å². The maximum absolute atomic E-state index is 10.9. The van der Waals surface area contributed by atoms with Gasteiger partial charge in [-0.25, -0.2) is 4.79 Å². The number of hydrogen-bond donors (Lipinski definition) is 2. The fourth-order valence-electron chi connectivity index (χ4n) is 2.27. The maximum Gasteiger partial charge on any atom is 0.316 e. The maximum atomic E-state index is 10.9. The van der Waals surface area contributed by atoms with Crippen molar-refractivity contribution in [2.75, 3.05) is 5.32 Å². The van der Waals surface area contributed by atoms with E-state index in [4.69, 9.17) is 5.73 Å². The zero-order chi connectivity index (χ0) is 14.4. The number of anilines is 1. The molecule has 0 saturated carbocycles. The Labute approximate surface area is 119 Å². The van der Waals surface area contributed by atoms with Crippen LogP contribution in [-0.2, 0) is 13.0 Å². The monoisotopic (exact) mass is 271 g/mol. The van der Waals surface area contributed by atoms with Crippen LogP contribution in [0.1, 0.15) is 31.0 Å². The molecule has 1 aromatic carbocycles. The molecule has 0 aliphatic heterocycles. The fraction of sp³-hybridized carbons (Fsp3) is 0.312. The van der Waals surface area contributed by atoms with E-state index >= 15 is 0 Å². The number of aromatic nitrogens is 1. The quantitative estimate of drug-likeness (QED) is 0.831. The molecule has 0 bridgehead atoms. The summed E-state index contributed by atoms with van der Waals surface area (Å²) in [5.41, 5.74) is 8.32. The first-order valence-corrected chi connectivity index (χ1v) is 6.98. The molecule has 4 nitrogen and oxygen atoms in total. The summed E-state index contributed by atoms with van der Waals surface area (Å²) >= 11 is 0. The number of nitrogens with zero attached hydrogens (tertiary/aromatic N) is 1. The Morgan fingerprint density at radius 2 is 2.15 bits per heavy atom. The average Bonchev–Trinajstić information content (AvgIpc) is 2.83. The van der Waals surface area contributed by atoms with Crippen molar-refractivity contribution >= 4 is 11.7 Å². The van der Waals surface area contributed by atoms with Crippen LogP contribution in [0.5, 0.6) is 0 Å². The van der Waals surface area contributed by atoms with Crippen molar-refractivity contribution in [1.82, 2.24) is 4.57 Å². The van der Waals surface area contributed by atoms with E-state index in [1.807, 2.05) is 18.2 Å². The summed E-state index contributed by atoms with van der Waals surface area (Å²) in [5, 5.41) is 2.61. The van der Waals surface area contributed by atoms with Crippen LogP contribution in [0.15, 0.2) is 42.6 Å². The summed E-state index contributed by atoms with van der Waals surface area (Å²) in [6.07, 6.45) is 5.35. The normalized spacial score (nSPS) is 10.4. The molecule has 0 fully saturated rings. The van der Waals surface area contributed by atoms with Gasteiger partial charge in [0.2, 0.25) is 0 Å². The van der Waals surface area contributed by atoms with E-state index in [-0.39, 0.29) is 0 Å². The number of unbranched alkanes of at least 4 members (excludes halogenated alkanes) is 1. The van der Waals surface area contributed by atoms with Crippen LogP contribution in [0.3, 0.4) is 0 Å². The summed E-state index contributed by atoms with van der Waals surface area (Å²) < 4.78 is 2.29. The van der Waals surface area contributed by atoms with Crippen LogP contribution >= 0.6 is 0 Å². The molecule has 20 heavy (non-hydrogen) atoms. The van der Waals surface area contributed by atoms with Gasteiger partial charge in [-0.15, -0.1) is 0 Å². The van der Waals surface area contributed by atoms with Crippen LogP contribution in [0.2, 0.25) is 0 Å². The van der Waals surface area contributed by atoms with Crippen LogP contribution in [0.25, 0.3) is 0 Å². The molecule has 1 aromatic heterocycles. The van der Waals surface area contributed by atoms with Crippen molar-refractivity contribution < 1.29 is 4.79 Å². The highest BCUT2D eigenvalue weighted by Crippen LogP contribution is 2.15. The van der Waals surface area contributed by atoms with Crippen molar-refractivity contribution in [1.29, 1.82) is 0 Å². The zero-order valence-corrected chi connectivity index (χ0v) is 11.8. The second-order valence-corrected chi connectivity index (χ2v) is 4.91. The fourth-order valence-corrected chi connectivity index (χ4v) is 2.27. The van der Waals surface area contributed by atoms with E-state index in [1.165, 1.54) is 18.5 Å². The number of aryl methyl sites for hydroxylation is 1. The van der Waals surface area contributed by atoms with Gasteiger partial charge in [0.15, 0.2) is 0 Å². The molecule has 4 heteroatoms. The lowest BCUT2D eigenvalue weighted by Gasteiger charge is -2.10. The van der Waals surface area contributed by atoms with Crippen LogP contribution in [0, 0.1) is 0 Å². The van der Waals surface area contributed by atoms with Crippen molar-refractivity contribution in [2.24, 2.45) is 5.73 Å². The Hall–Kier alpha value is -2.23. The van der Waals surface area contributed by atoms with Crippen LogP contribution in [-0.4, -0.2) is 10.6 Å². The largest absolute Gasteiger partial charge is 0.351 e. The number of rotatable bonds is 6. The Kier molecular flexibility index (Phi) is 4.82. The lowest BCUT2D eigenvalue weighted by Crippen LogP contribution is -2.19. The van der Waals surface area contributed by atoms with Gasteiger partial charge in [0, 0.05) is 30.5 Å². The van der Waals surface area contributed by atoms with Crippen molar-refractivity contribution in [3.63, 3.8) is 0 Å². The number of urea groups is 1. The third-order valence-corrected chi connectivity index (χ3v) is 3.26. The molecule has 0 unspecified atom stereocenters. The molecular formula is C16H21N3O. The SMILES string of the molecule is CCCCn1cccc1Cc1cccc(NC(N)=O)c1. The second-order valence-electron chi connectivity index (χ2n) is 4.91. The molecule has 2 amide bonds. The average molecular weight is 271 g/mol. The van der Waals surface area contributed by atoms with E-state index in [0.29, 0.717) is 0 Å². The third kappa shape index (κ3) is 3.88. The number of nitrogens with one attached hydrogen (secondary N) is 1. The number of primary amides is 1. The lowest BCUT2D eigenvalue weighted by atomic mass is 10.1. The summed E-state index contributed by atoms with van der Waals surface area (Å²) in [7, 11) is 0. The topological polar surface area (TPSA) is 60.1 Å². The number of hydrogen-bond acceptors (Lipinski definition) is 1. The zero-order valence-electron chi connectivity index (χ0n) is 11.8. The highest BCUT2D eigenvalue weighted by molar-refractivity contribution is 5.87. The van der Waals surface area contributed by atoms with Gasteiger partial charge >= 0.3 is 6.03 Å². The molecule has 2 aromatic rings. The predicted molar refractivity (Wildman–Crippen MR) is 81.8 cm³/mol. The minimum absolute atomic E-state index is 0.534. The van der Waals surface area contributed by atoms with E-state index < -0.39 is 6.03 Å². The van der Waals surface area contributed by atoms with E-state index in [1.54, 1.807) is 0 Å². The first-order chi connectivity index (χ1) is 9.69. The third-order valence-electron chi connectivity index (χ3n) is 3.26. The second kappa shape index (κ2) is 6.80. The summed E-state index contributed by atoms with van der Waals surface area (Å²) in [6.45, 7) is 3.25. The van der Waals surface area contributed by atoms with Crippen molar-refractivity contribution in [3.8, 4) is 0 Å². The van der Waals surface area contributed by atoms with Gasteiger partial charge in [0.05, 0.1) is 0 Å². The standard InChI is InChI=1S/C16H21N3O/c1-2-3-9-19-10-5-8-15(19)12-13-6-4-7-14(11-13)18-16(17)20/h4-8,10-11H,2-3,9,12H2,1H3,(H3,17,18,20). The van der Waals surface area contributed by atoms with Gasteiger partial charge in [-0.2, -0.15) is 0 Å². The molecule has 3 N–H and O–H groups in total. The van der Waals surface area contributed by atoms with E-state index in [9.17, 15) is 4.79 Å². The Morgan fingerprint density at radius 1 is 1.30 bits per heavy atom. The Bertz CT molecular complexity index is 575. The van der Waals surface area contributed by atoms with Crippen LogP contribution < -0.4 is 11.1 Å². The summed E-state index contributed by atoms with van der Waals surface area (Å²) in [6, 6.07) is 11.5. The number of amides is 2. The Morgan fingerprint density at radius 3 is 2.90 bits per heavy atom. The highest BCUT2D eigenvalue weighted by Gasteiger charge is 2.04. The minimum atomic E-state index is -0.534. The van der Waals surface area contributed by atoms with Crippen molar-refractivity contribution in [2.45, 2.75) is 32.7 Å². The lowest BCUT2D eigenvalue weighted by molar-refractivity contribution is 0.259. The molecule has 0 atom stereocenters. The molecule has 106 valence electrons. The summed E-state index contributed by atoms with van der Waals surface area (Å²) in [5.74, 6) is 0. The molecule has 0 aliphatic rings. The van der Waals surface area contributed by atoms with Gasteiger partial charge in [0.25, 0.3) is 0 Å². The molecule has 0 spiro atoms. The first-order valence-electron chi connectivity index (χ1n) is 6.98. The smallest absolute Gasteiger partial charge is 0.316 e. The summed E-state index contributed by atoms with van der Waals surface area (Å²) in [4.78, 5) is 10.9. The van der Waals surface area contributed by atoms with E-state index in [2.05, 4.69) is 41.2 Å². The molecule has 2 rings (SSSR count). The number of carbonyl (C=O) groups is 1. The molecule has 0 saturated heterocycles. The number of nitrogens with two attached hydrogens (primary N) is 1. The highest BCUT2D eigenvalue weighted by atomic mass is 16.2. The molecular weight excluding hydrogens is 250 g/mol. The Balaban J connectivity index is 2.09. The number of carbonyl (C=O) groups excluding carboxylic acids is 1. The van der Waals surface area contributed by atoms with Gasteiger partial charge in [-0.3, -0.25) is 0 Å². The van der Waals surface area contributed by atoms with Gasteiger partial charge in [-0.05, 0) is 36.2 Å². The first kappa shape index (κ1) is 14.2. The minimum Gasteiger partial charge on any atom is -0.351 e. The van der Waals surface area contributed by atoms with Gasteiger partial charge < -0.3 is 15.6 Å². The molecule has 0 radical (unpaired) electrons. The van der Waals surface area contributed by atoms with Gasteiger partial charge in [0.1, 0.15) is 0 Å². The molecule has 0 aliphatic carbocycles.